The highest BCUT2D eigenvalue weighted by molar-refractivity contribution is 7.57. The highest BCUT2D eigenvalue weighted by atomic mass is 31.2. The van der Waals surface area contributed by atoms with Crippen LogP contribution in [0.25, 0.3) is 11.1 Å². The van der Waals surface area contributed by atoms with Crippen LogP contribution in [0.5, 0.6) is 23.0 Å². The molecule has 6 aromatic carbocycles. The smallest absolute Gasteiger partial charge is 0.326 e. The van der Waals surface area contributed by atoms with Gasteiger partial charge in [0, 0.05) is 44.5 Å². The predicted molar refractivity (Wildman–Crippen MR) is 342 cm³/mol. The minimum atomic E-state index is -1.70. The fourth-order valence-electron chi connectivity index (χ4n) is 10.1. The second-order valence-electron chi connectivity index (χ2n) is 30.7. The van der Waals surface area contributed by atoms with Gasteiger partial charge in [-0.2, -0.15) is 0 Å². The maximum Gasteiger partial charge on any atom is 0.326 e. The summed E-state index contributed by atoms with van der Waals surface area (Å²) in [6, 6.07) is 36.2. The van der Waals surface area contributed by atoms with E-state index in [0.29, 0.717) is 0 Å². The van der Waals surface area contributed by atoms with Crippen molar-refractivity contribution in [2.24, 2.45) is 0 Å². The predicted octanol–water partition coefficient (Wildman–Crippen LogP) is 21.2. The molecule has 422 valence electrons. The van der Waals surface area contributed by atoms with Gasteiger partial charge in [0.1, 0.15) is 23.0 Å². The van der Waals surface area contributed by atoms with Gasteiger partial charge >= 0.3 is 16.8 Å². The molecule has 0 amide bonds. The van der Waals surface area contributed by atoms with Gasteiger partial charge in [-0.1, -0.05) is 261 Å². The topological polar surface area (TPSA) is 36.9 Å². The summed E-state index contributed by atoms with van der Waals surface area (Å²) in [4.78, 5) is 0. The van der Waals surface area contributed by atoms with Crippen molar-refractivity contribution in [2.45, 2.75) is 237 Å². The first-order valence-electron chi connectivity index (χ1n) is 28.5. The van der Waals surface area contributed by atoms with E-state index in [9.17, 15) is 0 Å². The Morgan fingerprint density at radius 2 is 0.372 bits per heavy atom. The molecule has 0 atom stereocenters. The van der Waals surface area contributed by atoms with E-state index in [4.69, 9.17) is 18.1 Å². The lowest BCUT2D eigenvalue weighted by Crippen LogP contribution is -2.23. The van der Waals surface area contributed by atoms with Crippen LogP contribution in [0.4, 0.5) is 0 Å². The first-order valence-corrected chi connectivity index (χ1v) is 30.9. The van der Waals surface area contributed by atoms with Crippen molar-refractivity contribution in [2.75, 3.05) is 0 Å². The SMILES string of the molecule is Cc1cc(C(C)(C)C)c(OP(Oc2c(C(C)(C)C)cc(C)cc2C(C)(C)C)c2ccc(-c3ccc(P(Oc4c(C(C)(C)C)cc(C)cc4C(C)(C)C)Oc4c(C(C)(C)C)cc(C)cc4C(C)(C)C)cc3)cc2)c(C(C)(C)C)c1. The molecule has 0 heterocycles. The standard InChI is InChI=1S/C72H100O4P2/c1-45-37-53(65(5,6)7)61(54(38-45)66(8,9)10)73-77(74-62-55(67(11,12)13)39-46(2)40-56(62)68(14,15)16)51-33-29-49(30-34-51)50-31-35-52(36-32-50)78(75-63-57(69(17,18)19)41-47(3)42-58(63)70(20,21)22)76-64-59(71(23,24)25)43-48(4)44-60(64)72(26,27)28/h29-44H,1-28H3. The normalized spacial score (nSPS) is 13.4. The summed E-state index contributed by atoms with van der Waals surface area (Å²) in [6.45, 7) is 63.6. The Kier molecular flexibility index (Phi) is 17.7. The minimum absolute atomic E-state index is 0.181. The summed E-state index contributed by atoms with van der Waals surface area (Å²) >= 11 is 0. The first-order chi connectivity index (χ1) is 35.3. The van der Waals surface area contributed by atoms with Crippen LogP contribution < -0.4 is 28.7 Å². The van der Waals surface area contributed by atoms with Gasteiger partial charge in [-0.15, -0.1) is 0 Å². The largest absolute Gasteiger partial charge is 0.435 e. The Balaban J connectivity index is 1.54. The van der Waals surface area contributed by atoms with Gasteiger partial charge in [0.05, 0.1) is 10.6 Å². The highest BCUT2D eigenvalue weighted by Gasteiger charge is 2.37. The van der Waals surface area contributed by atoms with Crippen molar-refractivity contribution in [3.63, 3.8) is 0 Å². The van der Waals surface area contributed by atoms with Gasteiger partial charge in [-0.3, -0.25) is 0 Å². The molecule has 0 aliphatic rings. The third-order valence-corrected chi connectivity index (χ3v) is 17.4. The van der Waals surface area contributed by atoms with E-state index in [-0.39, 0.29) is 43.3 Å². The molecule has 0 saturated heterocycles. The average molecular weight is 1090 g/mol. The fourth-order valence-corrected chi connectivity index (χ4v) is 12.8. The van der Waals surface area contributed by atoms with Gasteiger partial charge in [0.15, 0.2) is 0 Å². The van der Waals surface area contributed by atoms with E-state index >= 15 is 0 Å². The van der Waals surface area contributed by atoms with E-state index in [1.165, 1.54) is 66.8 Å². The third-order valence-electron chi connectivity index (χ3n) is 14.6. The Morgan fingerprint density at radius 3 is 0.500 bits per heavy atom. The fraction of sp³-hybridized carbons (Fsp3) is 0.500. The average Bonchev–Trinajstić information content (AvgIpc) is 3.27. The molecular formula is C72H100O4P2. The minimum Gasteiger partial charge on any atom is -0.435 e. The molecule has 6 heteroatoms. The highest BCUT2D eigenvalue weighted by Crippen LogP contribution is 2.54. The Bertz CT molecular complexity index is 2580. The molecule has 0 aliphatic carbocycles. The molecule has 0 bridgehead atoms. The lowest BCUT2D eigenvalue weighted by molar-refractivity contribution is 0.442. The molecule has 0 aromatic heterocycles. The first kappa shape index (κ1) is 62.6. The quantitative estimate of drug-likeness (QED) is 0.121. The Labute approximate surface area is 478 Å². The molecule has 0 radical (unpaired) electrons. The maximum atomic E-state index is 7.57. The summed E-state index contributed by atoms with van der Waals surface area (Å²) in [5.41, 5.74) is 15.1. The lowest BCUT2D eigenvalue weighted by Gasteiger charge is -2.34. The van der Waals surface area contributed by atoms with E-state index in [2.05, 4.69) is 291 Å². The van der Waals surface area contributed by atoms with Crippen LogP contribution in [0.2, 0.25) is 0 Å². The zero-order chi connectivity index (χ0) is 58.8. The molecule has 6 rings (SSSR count). The van der Waals surface area contributed by atoms with Gasteiger partial charge in [0.2, 0.25) is 0 Å². The molecule has 0 N–H and O–H groups in total. The summed E-state index contributed by atoms with van der Waals surface area (Å²) in [5, 5.41) is 2.00. The molecule has 0 saturated carbocycles. The number of aryl methyl sites for hydroxylation is 4. The van der Waals surface area contributed by atoms with Crippen molar-refractivity contribution < 1.29 is 18.1 Å². The van der Waals surface area contributed by atoms with Gasteiger partial charge in [0.25, 0.3) is 0 Å². The van der Waals surface area contributed by atoms with E-state index in [1.807, 2.05) is 0 Å². The van der Waals surface area contributed by atoms with Crippen LogP contribution >= 0.6 is 16.8 Å². The molecule has 0 unspecified atom stereocenters. The van der Waals surface area contributed by atoms with Gasteiger partial charge < -0.3 is 18.1 Å². The van der Waals surface area contributed by atoms with Crippen molar-refractivity contribution in [1.82, 2.24) is 0 Å². The van der Waals surface area contributed by atoms with Crippen LogP contribution in [-0.2, 0) is 43.3 Å². The molecule has 6 aromatic rings. The van der Waals surface area contributed by atoms with Crippen LogP contribution in [0, 0.1) is 27.7 Å². The van der Waals surface area contributed by atoms with Crippen molar-refractivity contribution in [3.05, 3.63) is 164 Å². The summed E-state index contributed by atoms with van der Waals surface area (Å²) in [5.74, 6) is 3.66. The zero-order valence-corrected chi connectivity index (χ0v) is 55.6. The number of rotatable bonds is 11. The van der Waals surface area contributed by atoms with Crippen molar-refractivity contribution in [3.8, 4) is 34.1 Å². The molecular weight excluding hydrogens is 991 g/mol. The van der Waals surface area contributed by atoms with E-state index in [0.717, 1.165) is 44.7 Å². The molecule has 0 spiro atoms. The summed E-state index contributed by atoms with van der Waals surface area (Å²) < 4.78 is 30.3. The summed E-state index contributed by atoms with van der Waals surface area (Å²) in [6.07, 6.45) is 0. The maximum absolute atomic E-state index is 7.57. The van der Waals surface area contributed by atoms with Gasteiger partial charge in [-0.25, -0.2) is 0 Å². The van der Waals surface area contributed by atoms with Crippen molar-refractivity contribution >= 4 is 27.4 Å². The molecule has 78 heavy (non-hydrogen) atoms. The van der Waals surface area contributed by atoms with Crippen LogP contribution in [0.1, 0.15) is 233 Å². The zero-order valence-electron chi connectivity index (χ0n) is 53.8. The monoisotopic (exact) mass is 1090 g/mol. The third kappa shape index (κ3) is 14.6. The molecule has 0 aliphatic heterocycles. The van der Waals surface area contributed by atoms with Crippen LogP contribution in [-0.4, -0.2) is 0 Å². The number of hydrogen-bond acceptors (Lipinski definition) is 4. The molecule has 4 nitrogen and oxygen atoms in total. The van der Waals surface area contributed by atoms with E-state index < -0.39 is 16.8 Å². The second kappa shape index (κ2) is 22.0. The van der Waals surface area contributed by atoms with Crippen LogP contribution in [0.15, 0.2) is 97.1 Å². The molecule has 0 fully saturated rings. The van der Waals surface area contributed by atoms with Crippen LogP contribution in [0.3, 0.4) is 0 Å². The van der Waals surface area contributed by atoms with E-state index in [1.54, 1.807) is 0 Å². The lowest BCUT2D eigenvalue weighted by atomic mass is 9.78. The Morgan fingerprint density at radius 1 is 0.231 bits per heavy atom. The second-order valence-corrected chi connectivity index (χ2v) is 33.5. The number of benzene rings is 6. The Hall–Kier alpha value is -4.62. The number of hydrogen-bond donors (Lipinski definition) is 0. The summed E-state index contributed by atoms with van der Waals surface area (Å²) in [7, 11) is -3.41. The van der Waals surface area contributed by atoms with Gasteiger partial charge in [-0.05, 0) is 106 Å². The van der Waals surface area contributed by atoms with Crippen molar-refractivity contribution in [1.29, 1.82) is 0 Å².